The van der Waals surface area contributed by atoms with Gasteiger partial charge in [-0.15, -0.1) is 0 Å². The monoisotopic (exact) mass is 372 g/mol. The van der Waals surface area contributed by atoms with Gasteiger partial charge < -0.3 is 8.32 Å². The zero-order valence-electron chi connectivity index (χ0n) is 15.6. The molecule has 0 aliphatic carbocycles. The average molecular weight is 373 g/mol. The molecule has 0 spiro atoms. The molecule has 0 saturated heterocycles. The Hall–Kier alpha value is 0.0638. The van der Waals surface area contributed by atoms with Gasteiger partial charge in [-0.2, -0.15) is 0 Å². The fourth-order valence-electron chi connectivity index (χ4n) is 4.42. The highest BCUT2D eigenvalue weighted by molar-refractivity contribution is 8.16. The van der Waals surface area contributed by atoms with Crippen molar-refractivity contribution in [3.63, 3.8) is 0 Å². The molecular weight excluding hydrogens is 341 g/mol. The third-order valence-electron chi connectivity index (χ3n) is 5.11. The van der Waals surface area contributed by atoms with Crippen LogP contribution in [0.25, 0.3) is 0 Å². The van der Waals surface area contributed by atoms with Crippen LogP contribution in [0.15, 0.2) is 12.1 Å². The second-order valence-electron chi connectivity index (χ2n) is 8.69. The molecule has 0 bridgehead atoms. The van der Waals surface area contributed by atoms with Gasteiger partial charge in [-0.1, -0.05) is 6.07 Å². The first-order valence-corrected chi connectivity index (χ1v) is 18.1. The van der Waals surface area contributed by atoms with E-state index in [1.165, 1.54) is 16.4 Å². The third-order valence-corrected chi connectivity index (χ3v) is 24.8. The maximum Gasteiger partial charge on any atom is 0.263 e. The van der Waals surface area contributed by atoms with Crippen LogP contribution in [0.4, 0.5) is 0 Å². The van der Waals surface area contributed by atoms with Crippen molar-refractivity contribution < 1.29 is 8.32 Å². The molecule has 0 radical (unpaired) electrons. The van der Waals surface area contributed by atoms with Crippen molar-refractivity contribution in [2.75, 3.05) is 13.4 Å². The number of aryl methyl sites for hydroxylation is 2. The summed E-state index contributed by atoms with van der Waals surface area (Å²) in [5, 5.41) is 1.34. The zero-order chi connectivity index (χ0) is 17.1. The molecule has 2 nitrogen and oxygen atoms in total. The summed E-state index contributed by atoms with van der Waals surface area (Å²) >= 11 is 6.47. The largest absolute Gasteiger partial charge is 0.447 e. The van der Waals surface area contributed by atoms with E-state index in [9.17, 15) is 0 Å². The Balaban J connectivity index is 2.85. The van der Waals surface area contributed by atoms with Gasteiger partial charge in [0.1, 0.15) is 11.9 Å². The molecule has 0 amide bonds. The smallest absolute Gasteiger partial charge is 0.263 e. The highest BCUT2D eigenvalue weighted by Gasteiger charge is 2.61. The van der Waals surface area contributed by atoms with Crippen LogP contribution in [0.2, 0.25) is 39.3 Å². The van der Waals surface area contributed by atoms with Crippen molar-refractivity contribution in [1.82, 2.24) is 0 Å². The predicted molar refractivity (Wildman–Crippen MR) is 108 cm³/mol. The number of hydrogen-bond donors (Lipinski definition) is 0. The van der Waals surface area contributed by atoms with E-state index in [4.69, 9.17) is 16.5 Å². The molecule has 0 fully saturated rings. The van der Waals surface area contributed by atoms with E-state index in [1.807, 2.05) is 0 Å². The minimum Gasteiger partial charge on any atom is -0.447 e. The first-order chi connectivity index (χ1) is 9.75. The van der Waals surface area contributed by atoms with E-state index in [0.717, 1.165) is 16.1 Å². The number of quaternary nitrogens is 1. The summed E-state index contributed by atoms with van der Waals surface area (Å²) in [6, 6.07) is 4.53. The van der Waals surface area contributed by atoms with Crippen LogP contribution in [0.3, 0.4) is 0 Å². The summed E-state index contributed by atoms with van der Waals surface area (Å²) < 4.78 is 7.53. The van der Waals surface area contributed by atoms with Crippen LogP contribution < -0.4 is 10.0 Å². The average Bonchev–Trinajstić information content (AvgIpc) is 2.26. The first-order valence-electron chi connectivity index (χ1n) is 7.96. The van der Waals surface area contributed by atoms with Crippen molar-refractivity contribution in [1.29, 1.82) is 0 Å². The molecule has 1 aliphatic heterocycles. The topological polar surface area (TPSA) is 9.23 Å². The Kier molecular flexibility index (Phi) is 4.42. The van der Waals surface area contributed by atoms with E-state index in [1.54, 1.807) is 0 Å². The van der Waals surface area contributed by atoms with Gasteiger partial charge in [0, 0.05) is 6.66 Å². The fourth-order valence-corrected chi connectivity index (χ4v) is 29.8. The predicted octanol–water partition coefficient (Wildman–Crippen LogP) is 4.79. The van der Waals surface area contributed by atoms with Gasteiger partial charge in [0.15, 0.2) is 6.73 Å². The third kappa shape index (κ3) is 2.40. The summed E-state index contributed by atoms with van der Waals surface area (Å²) in [7, 11) is -3.12. The zero-order valence-corrected chi connectivity index (χ0v) is 19.3. The Morgan fingerprint density at radius 2 is 1.55 bits per heavy atom. The second kappa shape index (κ2) is 5.28. The molecular formula is C16H31NOPSSi2+. The summed E-state index contributed by atoms with van der Waals surface area (Å²) in [4.78, 5) is 0. The molecule has 0 N–H and O–H groups in total. The number of ether oxygens (including phenoxy) is 1. The molecule has 1 aliphatic rings. The van der Waals surface area contributed by atoms with E-state index >= 15 is 0 Å². The minimum absolute atomic E-state index is 0.788. The Bertz CT molecular complexity index is 647. The number of rotatable bonds is 2. The van der Waals surface area contributed by atoms with Gasteiger partial charge in [0.05, 0.1) is 5.30 Å². The highest BCUT2D eigenvalue weighted by atomic mass is 32.4. The standard InChI is InChI=1S/C16H31NOPSSi2/c1-13-10-14(2)16-15(11-13)19(3,20)17(12-18-16,21(4,5)6)22(7,8)9/h10-11H,12H2,1-9H3/q+1. The molecule has 124 valence electrons. The SMILES string of the molecule is Cc1cc(C)c2c(c1)P(C)(=S)[N+]([Si](C)(C)C)([Si](C)(C)C)CO2. The lowest BCUT2D eigenvalue weighted by Gasteiger charge is -2.63. The number of nitrogens with zero attached hydrogens (tertiary/aromatic N) is 1. The van der Waals surface area contributed by atoms with E-state index in [0.29, 0.717) is 0 Å². The van der Waals surface area contributed by atoms with Gasteiger partial charge in [0.2, 0.25) is 0 Å². The summed E-state index contributed by atoms with van der Waals surface area (Å²) in [6.45, 7) is 22.4. The molecule has 1 aromatic rings. The van der Waals surface area contributed by atoms with E-state index in [-0.39, 0.29) is 0 Å². The fraction of sp³-hybridized carbons (Fsp3) is 0.625. The minimum atomic E-state index is -1.75. The van der Waals surface area contributed by atoms with Crippen molar-refractivity contribution >= 4 is 39.8 Å². The lowest BCUT2D eigenvalue weighted by molar-refractivity contribution is -0.618. The Morgan fingerprint density at radius 3 is 2.00 bits per heavy atom. The van der Waals surface area contributed by atoms with Crippen LogP contribution in [0.1, 0.15) is 11.1 Å². The van der Waals surface area contributed by atoms with Gasteiger partial charge in [-0.3, -0.25) is 0 Å². The molecule has 0 aromatic heterocycles. The molecule has 1 unspecified atom stereocenters. The number of benzene rings is 1. The van der Waals surface area contributed by atoms with Crippen molar-refractivity contribution in [3.8, 4) is 5.75 Å². The maximum atomic E-state index is 6.47. The van der Waals surface area contributed by atoms with Crippen LogP contribution in [-0.2, 0) is 11.8 Å². The van der Waals surface area contributed by atoms with Crippen molar-refractivity contribution in [2.45, 2.75) is 53.1 Å². The molecule has 1 heterocycles. The van der Waals surface area contributed by atoms with Gasteiger partial charge >= 0.3 is 0 Å². The molecule has 0 saturated carbocycles. The van der Waals surface area contributed by atoms with Gasteiger partial charge in [-0.05, 0) is 82.1 Å². The number of fused-ring (bicyclic) bond motifs is 1. The Morgan fingerprint density at radius 1 is 1.05 bits per heavy atom. The summed E-state index contributed by atoms with van der Waals surface area (Å²) in [6.07, 6.45) is -1.75. The first kappa shape index (κ1) is 18.4. The van der Waals surface area contributed by atoms with Gasteiger partial charge in [-0.25, -0.2) is 0 Å². The van der Waals surface area contributed by atoms with Crippen molar-refractivity contribution in [2.24, 2.45) is 0 Å². The van der Waals surface area contributed by atoms with Crippen molar-refractivity contribution in [3.05, 3.63) is 23.3 Å². The molecule has 1 atom stereocenters. The summed E-state index contributed by atoms with van der Waals surface area (Å²) in [5.41, 5.74) is 2.55. The highest BCUT2D eigenvalue weighted by Crippen LogP contribution is 2.62. The molecule has 2 rings (SSSR count). The summed E-state index contributed by atoms with van der Waals surface area (Å²) in [5.74, 6) is 1.08. The van der Waals surface area contributed by atoms with Crippen LogP contribution >= 0.6 is 6.19 Å². The van der Waals surface area contributed by atoms with Crippen LogP contribution in [0, 0.1) is 13.8 Å². The molecule has 1 aromatic carbocycles. The lowest BCUT2D eigenvalue weighted by atomic mass is 10.1. The van der Waals surface area contributed by atoms with E-state index in [2.05, 4.69) is 71.9 Å². The number of hydrogen-bond acceptors (Lipinski definition) is 2. The Labute approximate surface area is 143 Å². The molecule has 6 heteroatoms. The maximum absolute atomic E-state index is 6.47. The van der Waals surface area contributed by atoms with Crippen LogP contribution in [0.5, 0.6) is 5.75 Å². The van der Waals surface area contributed by atoms with E-state index < -0.39 is 22.7 Å². The second-order valence-corrected chi connectivity index (χ2v) is 25.2. The van der Waals surface area contributed by atoms with Crippen LogP contribution in [-0.4, -0.2) is 33.5 Å². The molecule has 22 heavy (non-hydrogen) atoms. The normalized spacial score (nSPS) is 24.6. The lowest BCUT2D eigenvalue weighted by Crippen LogP contribution is -2.75. The quantitative estimate of drug-likeness (QED) is 0.545. The van der Waals surface area contributed by atoms with Gasteiger partial charge in [0.25, 0.3) is 16.5 Å².